The fourth-order valence-electron chi connectivity index (χ4n) is 1.61. The van der Waals surface area contributed by atoms with Gasteiger partial charge in [0.05, 0.1) is 6.54 Å². The van der Waals surface area contributed by atoms with Crippen molar-refractivity contribution < 1.29 is 13.2 Å². The predicted octanol–water partition coefficient (Wildman–Crippen LogP) is -0.458. The van der Waals surface area contributed by atoms with E-state index in [1.54, 1.807) is 25.7 Å². The molecule has 0 radical (unpaired) electrons. The molecule has 1 amide bonds. The van der Waals surface area contributed by atoms with E-state index in [1.165, 1.54) is 4.90 Å². The average molecular weight is 266 g/mol. The molecule has 0 aliphatic carbocycles. The zero-order valence-corrected chi connectivity index (χ0v) is 11.2. The molecule has 0 aromatic carbocycles. The van der Waals surface area contributed by atoms with Crippen molar-refractivity contribution in [1.29, 1.82) is 0 Å². The number of thioether (sulfide) groups is 1. The van der Waals surface area contributed by atoms with Crippen LogP contribution in [0.2, 0.25) is 0 Å². The van der Waals surface area contributed by atoms with E-state index in [1.807, 2.05) is 0 Å². The second-order valence-corrected chi connectivity index (χ2v) is 7.20. The fraction of sp³-hybridized carbons (Fsp3) is 0.889. The number of sulfone groups is 1. The lowest BCUT2D eigenvalue weighted by molar-refractivity contribution is -0.130. The Balaban J connectivity index is 2.83. The third-order valence-corrected chi connectivity index (χ3v) is 5.84. The number of carbonyl (C=O) groups excluding carboxylic acids is 1. The van der Waals surface area contributed by atoms with Gasteiger partial charge in [-0.15, -0.1) is 0 Å². The maximum absolute atomic E-state index is 11.8. The highest BCUT2D eigenvalue weighted by molar-refractivity contribution is 8.01. The monoisotopic (exact) mass is 266 g/mol. The molecular formula is C9H18N2O3S2. The molecule has 1 saturated heterocycles. The van der Waals surface area contributed by atoms with Crippen LogP contribution >= 0.6 is 11.8 Å². The van der Waals surface area contributed by atoms with Crippen LogP contribution in [-0.4, -0.2) is 62.0 Å². The summed E-state index contributed by atoms with van der Waals surface area (Å²) in [6.07, 6.45) is 0. The van der Waals surface area contributed by atoms with Crippen LogP contribution in [0.5, 0.6) is 0 Å². The number of nitrogens with zero attached hydrogens (tertiary/aromatic N) is 1. The van der Waals surface area contributed by atoms with E-state index < -0.39 is 15.2 Å². The van der Waals surface area contributed by atoms with E-state index in [9.17, 15) is 13.2 Å². The van der Waals surface area contributed by atoms with Crippen molar-refractivity contribution in [2.45, 2.75) is 12.3 Å². The molecule has 5 nitrogen and oxygen atoms in total. The molecule has 1 unspecified atom stereocenters. The highest BCUT2D eigenvalue weighted by Crippen LogP contribution is 2.21. The minimum atomic E-state index is -3.18. The zero-order chi connectivity index (χ0) is 12.2. The first kappa shape index (κ1) is 13.8. The first-order chi connectivity index (χ1) is 7.53. The van der Waals surface area contributed by atoms with Crippen LogP contribution in [-0.2, 0) is 14.6 Å². The Morgan fingerprint density at radius 3 is 2.81 bits per heavy atom. The lowest BCUT2D eigenvalue weighted by Crippen LogP contribution is -2.52. The third kappa shape index (κ3) is 3.11. The summed E-state index contributed by atoms with van der Waals surface area (Å²) in [5, 5.41) is 2.12. The Labute approximate surface area is 101 Å². The van der Waals surface area contributed by atoms with Gasteiger partial charge in [-0.1, -0.05) is 6.92 Å². The first-order valence-electron chi connectivity index (χ1n) is 5.26. The van der Waals surface area contributed by atoms with Crippen LogP contribution in [0, 0.1) is 0 Å². The zero-order valence-electron chi connectivity index (χ0n) is 9.60. The van der Waals surface area contributed by atoms with Crippen molar-refractivity contribution in [2.24, 2.45) is 0 Å². The second-order valence-electron chi connectivity index (χ2n) is 3.60. The van der Waals surface area contributed by atoms with Gasteiger partial charge in [0, 0.05) is 23.8 Å². The molecule has 0 aromatic heterocycles. The Hall–Kier alpha value is -0.270. The van der Waals surface area contributed by atoms with E-state index in [0.717, 1.165) is 5.75 Å². The highest BCUT2D eigenvalue weighted by Gasteiger charge is 2.35. The molecule has 0 spiro atoms. The molecule has 1 fully saturated rings. The van der Waals surface area contributed by atoms with Crippen LogP contribution in [0.15, 0.2) is 0 Å². The largest absolute Gasteiger partial charge is 0.323 e. The number of carbonyl (C=O) groups is 1. The molecule has 7 heteroatoms. The van der Waals surface area contributed by atoms with Crippen LogP contribution in [0.25, 0.3) is 0 Å². The van der Waals surface area contributed by atoms with E-state index >= 15 is 0 Å². The minimum Gasteiger partial charge on any atom is -0.323 e. The van der Waals surface area contributed by atoms with Crippen LogP contribution in [0.4, 0.5) is 0 Å². The van der Waals surface area contributed by atoms with Gasteiger partial charge >= 0.3 is 0 Å². The summed E-state index contributed by atoms with van der Waals surface area (Å²) < 4.78 is 23.7. The van der Waals surface area contributed by atoms with E-state index in [4.69, 9.17) is 0 Å². The Morgan fingerprint density at radius 2 is 2.25 bits per heavy atom. The summed E-state index contributed by atoms with van der Waals surface area (Å²) in [5.41, 5.74) is 0. The molecule has 0 saturated carbocycles. The van der Waals surface area contributed by atoms with Gasteiger partial charge in [-0.2, -0.15) is 11.8 Å². The van der Waals surface area contributed by atoms with Crippen LogP contribution in [0.1, 0.15) is 6.92 Å². The second kappa shape index (κ2) is 5.88. The van der Waals surface area contributed by atoms with Crippen molar-refractivity contribution in [3.63, 3.8) is 0 Å². The third-order valence-electron chi connectivity index (χ3n) is 2.55. The Bertz CT molecular complexity index is 343. The van der Waals surface area contributed by atoms with E-state index in [-0.39, 0.29) is 18.2 Å². The molecular weight excluding hydrogens is 248 g/mol. The van der Waals surface area contributed by atoms with Crippen LogP contribution < -0.4 is 5.32 Å². The summed E-state index contributed by atoms with van der Waals surface area (Å²) in [7, 11) is -1.50. The van der Waals surface area contributed by atoms with Gasteiger partial charge < -0.3 is 10.2 Å². The number of likely N-dealkylation sites (N-methyl/N-ethyl adjacent to an activating group) is 1. The summed E-state index contributed by atoms with van der Waals surface area (Å²) in [4.78, 5) is 13.3. The van der Waals surface area contributed by atoms with Gasteiger partial charge in [-0.25, -0.2) is 8.42 Å². The van der Waals surface area contributed by atoms with Gasteiger partial charge in [0.1, 0.15) is 5.37 Å². The van der Waals surface area contributed by atoms with Crippen molar-refractivity contribution in [3.8, 4) is 0 Å². The quantitative estimate of drug-likeness (QED) is 0.746. The first-order valence-corrected chi connectivity index (χ1v) is 8.13. The molecule has 1 rings (SSSR count). The molecule has 1 atom stereocenters. The van der Waals surface area contributed by atoms with Gasteiger partial charge in [-0.05, 0) is 7.05 Å². The molecule has 16 heavy (non-hydrogen) atoms. The van der Waals surface area contributed by atoms with Crippen molar-refractivity contribution in [3.05, 3.63) is 0 Å². The lowest BCUT2D eigenvalue weighted by atomic mass is 10.4. The smallest absolute Gasteiger partial charge is 0.237 e. The SMILES string of the molecule is CCS(=O)(=O)C1CSCCN1C(=O)CNC. The average Bonchev–Trinajstić information content (AvgIpc) is 2.29. The van der Waals surface area contributed by atoms with E-state index in [2.05, 4.69) is 5.32 Å². The molecule has 1 N–H and O–H groups in total. The predicted molar refractivity (Wildman–Crippen MR) is 66.2 cm³/mol. The molecule has 94 valence electrons. The van der Waals surface area contributed by atoms with Gasteiger partial charge in [0.15, 0.2) is 9.84 Å². The van der Waals surface area contributed by atoms with Gasteiger partial charge in [0.25, 0.3) is 0 Å². The minimum absolute atomic E-state index is 0.0849. The summed E-state index contributed by atoms with van der Waals surface area (Å²) >= 11 is 1.59. The van der Waals surface area contributed by atoms with Crippen molar-refractivity contribution in [2.75, 3.05) is 37.4 Å². The number of amides is 1. The molecule has 1 aliphatic rings. The number of hydrogen-bond acceptors (Lipinski definition) is 5. The van der Waals surface area contributed by atoms with Gasteiger partial charge in [0.2, 0.25) is 5.91 Å². The molecule has 1 heterocycles. The topological polar surface area (TPSA) is 66.5 Å². The highest BCUT2D eigenvalue weighted by atomic mass is 32.2. The summed E-state index contributed by atoms with van der Waals surface area (Å²) in [6, 6.07) is 0. The maximum Gasteiger partial charge on any atom is 0.237 e. The maximum atomic E-state index is 11.8. The lowest BCUT2D eigenvalue weighted by Gasteiger charge is -2.34. The Kier molecular flexibility index (Phi) is 5.07. The number of hydrogen-bond donors (Lipinski definition) is 1. The van der Waals surface area contributed by atoms with Gasteiger partial charge in [-0.3, -0.25) is 4.79 Å². The fourth-order valence-corrected chi connectivity index (χ4v) is 4.60. The van der Waals surface area contributed by atoms with Crippen molar-refractivity contribution >= 4 is 27.5 Å². The Morgan fingerprint density at radius 1 is 1.56 bits per heavy atom. The van der Waals surface area contributed by atoms with Crippen LogP contribution in [0.3, 0.4) is 0 Å². The van der Waals surface area contributed by atoms with E-state index in [0.29, 0.717) is 12.3 Å². The van der Waals surface area contributed by atoms with Crippen molar-refractivity contribution in [1.82, 2.24) is 10.2 Å². The summed E-state index contributed by atoms with van der Waals surface area (Å²) in [5.74, 6) is 1.25. The normalized spacial score (nSPS) is 22.1. The molecule has 0 bridgehead atoms. The molecule has 1 aliphatic heterocycles. The number of rotatable bonds is 4. The molecule has 0 aromatic rings. The summed E-state index contributed by atoms with van der Waals surface area (Å²) in [6.45, 7) is 2.34. The number of nitrogens with one attached hydrogen (secondary N) is 1. The standard InChI is InChI=1S/C9H18N2O3S2/c1-3-16(13,14)9-7-15-5-4-11(9)8(12)6-10-2/h9-10H,3-7H2,1-2H3.